The molecule has 1 rings (SSSR count). The Hall–Kier alpha value is -1.55. The second kappa shape index (κ2) is 5.99. The zero-order valence-corrected chi connectivity index (χ0v) is 7.86. The predicted octanol–water partition coefficient (Wildman–Crippen LogP) is 0.902. The van der Waals surface area contributed by atoms with Crippen LogP contribution in [0.1, 0.15) is 12.8 Å². The normalized spacial score (nSPS) is 9.50. The molecular formula is C10H14N2O2. The van der Waals surface area contributed by atoms with Crippen molar-refractivity contribution < 1.29 is 9.90 Å². The van der Waals surface area contributed by atoms with Gasteiger partial charge in [0.2, 0.25) is 5.91 Å². The molecule has 4 nitrogen and oxygen atoms in total. The molecular weight excluding hydrogens is 180 g/mol. The summed E-state index contributed by atoms with van der Waals surface area (Å²) in [4.78, 5) is 11.1. The minimum Gasteiger partial charge on any atom is -0.396 e. The Labute approximate surface area is 82.9 Å². The summed E-state index contributed by atoms with van der Waals surface area (Å²) in [7, 11) is 0. The van der Waals surface area contributed by atoms with Crippen LogP contribution in [0.15, 0.2) is 30.3 Å². The van der Waals surface area contributed by atoms with Gasteiger partial charge in [0, 0.05) is 13.0 Å². The largest absolute Gasteiger partial charge is 0.396 e. The molecule has 0 aliphatic rings. The van der Waals surface area contributed by atoms with Gasteiger partial charge in [-0.1, -0.05) is 18.2 Å². The van der Waals surface area contributed by atoms with E-state index in [0.717, 1.165) is 5.69 Å². The zero-order chi connectivity index (χ0) is 10.2. The number of hydrazine groups is 1. The Morgan fingerprint density at radius 3 is 2.64 bits per heavy atom. The molecule has 0 aliphatic carbocycles. The maximum Gasteiger partial charge on any atom is 0.238 e. The molecule has 4 heteroatoms. The predicted molar refractivity (Wildman–Crippen MR) is 54.5 cm³/mol. The number of hydrogen-bond acceptors (Lipinski definition) is 3. The first-order valence-corrected chi connectivity index (χ1v) is 4.53. The van der Waals surface area contributed by atoms with Crippen molar-refractivity contribution in [3.63, 3.8) is 0 Å². The summed E-state index contributed by atoms with van der Waals surface area (Å²) in [5.74, 6) is -0.122. The van der Waals surface area contributed by atoms with Crippen LogP contribution in [0.5, 0.6) is 0 Å². The number of benzene rings is 1. The fourth-order valence-corrected chi connectivity index (χ4v) is 0.965. The van der Waals surface area contributed by atoms with Crippen LogP contribution >= 0.6 is 0 Å². The average Bonchev–Trinajstić information content (AvgIpc) is 2.25. The van der Waals surface area contributed by atoms with E-state index in [1.807, 2.05) is 30.3 Å². The Morgan fingerprint density at radius 1 is 1.29 bits per heavy atom. The second-order valence-corrected chi connectivity index (χ2v) is 2.87. The third-order valence-corrected chi connectivity index (χ3v) is 1.68. The fraction of sp³-hybridized carbons (Fsp3) is 0.300. The summed E-state index contributed by atoms with van der Waals surface area (Å²) in [5, 5.41) is 8.50. The number of amides is 1. The number of carbonyl (C=O) groups excluding carboxylic acids is 1. The molecule has 3 N–H and O–H groups in total. The van der Waals surface area contributed by atoms with Crippen molar-refractivity contribution in [1.82, 2.24) is 5.43 Å². The standard InChI is InChI=1S/C10H14N2O2/c13-8-4-7-10(14)12-11-9-5-2-1-3-6-9/h1-3,5-6,11,13H,4,7-8H2,(H,12,14). The summed E-state index contributed by atoms with van der Waals surface area (Å²) in [6, 6.07) is 9.36. The first-order valence-electron chi connectivity index (χ1n) is 4.53. The summed E-state index contributed by atoms with van der Waals surface area (Å²) in [6.07, 6.45) is 0.818. The van der Waals surface area contributed by atoms with Crippen molar-refractivity contribution in [2.24, 2.45) is 0 Å². The van der Waals surface area contributed by atoms with Gasteiger partial charge in [-0.3, -0.25) is 15.6 Å². The van der Waals surface area contributed by atoms with E-state index >= 15 is 0 Å². The molecule has 0 saturated carbocycles. The van der Waals surface area contributed by atoms with Gasteiger partial charge in [-0.15, -0.1) is 0 Å². The van der Waals surface area contributed by atoms with E-state index in [-0.39, 0.29) is 12.5 Å². The summed E-state index contributed by atoms with van der Waals surface area (Å²) in [5.41, 5.74) is 6.14. The minimum absolute atomic E-state index is 0.0404. The molecule has 0 unspecified atom stereocenters. The van der Waals surface area contributed by atoms with Crippen molar-refractivity contribution in [1.29, 1.82) is 0 Å². The Kier molecular flexibility index (Phi) is 4.50. The lowest BCUT2D eigenvalue weighted by Crippen LogP contribution is -2.29. The fourth-order valence-electron chi connectivity index (χ4n) is 0.965. The molecule has 1 amide bonds. The van der Waals surface area contributed by atoms with Gasteiger partial charge >= 0.3 is 0 Å². The minimum atomic E-state index is -0.122. The number of rotatable bonds is 5. The maximum atomic E-state index is 11.1. The molecule has 0 fully saturated rings. The Morgan fingerprint density at radius 2 is 2.00 bits per heavy atom. The molecule has 0 aromatic heterocycles. The number of aliphatic hydroxyl groups is 1. The highest BCUT2D eigenvalue weighted by atomic mass is 16.3. The van der Waals surface area contributed by atoms with E-state index in [4.69, 9.17) is 5.11 Å². The van der Waals surface area contributed by atoms with Crippen molar-refractivity contribution in [2.75, 3.05) is 12.0 Å². The highest BCUT2D eigenvalue weighted by Gasteiger charge is 1.98. The first kappa shape index (κ1) is 10.5. The molecule has 0 atom stereocenters. The van der Waals surface area contributed by atoms with Crippen LogP contribution in [0.25, 0.3) is 0 Å². The molecule has 0 saturated heterocycles. The van der Waals surface area contributed by atoms with Gasteiger partial charge in [-0.05, 0) is 18.6 Å². The third kappa shape index (κ3) is 3.91. The van der Waals surface area contributed by atoms with Crippen molar-refractivity contribution >= 4 is 11.6 Å². The highest BCUT2D eigenvalue weighted by molar-refractivity contribution is 5.77. The summed E-state index contributed by atoms with van der Waals surface area (Å²) < 4.78 is 0. The molecule has 0 radical (unpaired) electrons. The molecule has 14 heavy (non-hydrogen) atoms. The SMILES string of the molecule is O=C(CCCO)NNc1ccccc1. The molecule has 0 bridgehead atoms. The van der Waals surface area contributed by atoms with Crippen LogP contribution in [-0.4, -0.2) is 17.6 Å². The van der Waals surface area contributed by atoms with E-state index in [9.17, 15) is 4.79 Å². The van der Waals surface area contributed by atoms with Crippen LogP contribution in [0.3, 0.4) is 0 Å². The van der Waals surface area contributed by atoms with Gasteiger partial charge in [0.25, 0.3) is 0 Å². The number of aliphatic hydroxyl groups excluding tert-OH is 1. The zero-order valence-electron chi connectivity index (χ0n) is 7.86. The van der Waals surface area contributed by atoms with Crippen molar-refractivity contribution in [3.8, 4) is 0 Å². The summed E-state index contributed by atoms with van der Waals surface area (Å²) in [6.45, 7) is 0.0404. The van der Waals surface area contributed by atoms with Crippen LogP contribution in [0.4, 0.5) is 5.69 Å². The number of nitrogens with one attached hydrogen (secondary N) is 2. The van der Waals surface area contributed by atoms with E-state index in [2.05, 4.69) is 10.9 Å². The van der Waals surface area contributed by atoms with Crippen LogP contribution in [0, 0.1) is 0 Å². The Balaban J connectivity index is 2.24. The van der Waals surface area contributed by atoms with Gasteiger partial charge < -0.3 is 5.11 Å². The van der Waals surface area contributed by atoms with Crippen LogP contribution in [0.2, 0.25) is 0 Å². The first-order chi connectivity index (χ1) is 6.83. The third-order valence-electron chi connectivity index (χ3n) is 1.68. The lowest BCUT2D eigenvalue weighted by atomic mass is 10.3. The number of carbonyl (C=O) groups is 1. The quantitative estimate of drug-likeness (QED) is 0.610. The Bertz CT molecular complexity index is 275. The number of anilines is 1. The van der Waals surface area contributed by atoms with E-state index in [1.165, 1.54) is 0 Å². The molecule has 76 valence electrons. The highest BCUT2D eigenvalue weighted by Crippen LogP contribution is 2.02. The van der Waals surface area contributed by atoms with Gasteiger partial charge in [0.05, 0.1) is 5.69 Å². The average molecular weight is 194 g/mol. The molecule has 1 aromatic rings. The van der Waals surface area contributed by atoms with Crippen molar-refractivity contribution in [2.45, 2.75) is 12.8 Å². The molecule has 0 aliphatic heterocycles. The lowest BCUT2D eigenvalue weighted by molar-refractivity contribution is -0.120. The monoisotopic (exact) mass is 194 g/mol. The second-order valence-electron chi connectivity index (χ2n) is 2.87. The molecule has 0 spiro atoms. The smallest absolute Gasteiger partial charge is 0.238 e. The molecule has 0 heterocycles. The van der Waals surface area contributed by atoms with E-state index in [0.29, 0.717) is 12.8 Å². The number of para-hydroxylation sites is 1. The van der Waals surface area contributed by atoms with Crippen LogP contribution in [-0.2, 0) is 4.79 Å². The molecule has 1 aromatic carbocycles. The summed E-state index contributed by atoms with van der Waals surface area (Å²) >= 11 is 0. The maximum absolute atomic E-state index is 11.1. The topological polar surface area (TPSA) is 61.4 Å². The number of hydrogen-bond donors (Lipinski definition) is 3. The van der Waals surface area contributed by atoms with Gasteiger partial charge in [-0.2, -0.15) is 0 Å². The van der Waals surface area contributed by atoms with E-state index < -0.39 is 0 Å². The van der Waals surface area contributed by atoms with Crippen molar-refractivity contribution in [3.05, 3.63) is 30.3 Å². The van der Waals surface area contributed by atoms with Gasteiger partial charge in [0.15, 0.2) is 0 Å². The van der Waals surface area contributed by atoms with Gasteiger partial charge in [0.1, 0.15) is 0 Å². The van der Waals surface area contributed by atoms with E-state index in [1.54, 1.807) is 0 Å². The van der Waals surface area contributed by atoms with Crippen LogP contribution < -0.4 is 10.9 Å². The lowest BCUT2D eigenvalue weighted by Gasteiger charge is -2.07. The van der Waals surface area contributed by atoms with Gasteiger partial charge in [-0.25, -0.2) is 0 Å².